The second-order valence-electron chi connectivity index (χ2n) is 6.82. The summed E-state index contributed by atoms with van der Waals surface area (Å²) in [6.45, 7) is 0.691. The lowest BCUT2D eigenvalue weighted by atomic mass is 9.75. The topological polar surface area (TPSA) is 72.9 Å². The molecule has 0 spiro atoms. The first kappa shape index (κ1) is 16.1. The molecule has 2 aliphatic carbocycles. The number of carbonyl (C=O) groups excluding carboxylic acids is 1. The van der Waals surface area contributed by atoms with Gasteiger partial charge >= 0.3 is 12.0 Å². The highest BCUT2D eigenvalue weighted by atomic mass is 16.4. The number of carboxylic acid groups (broad SMARTS) is 1. The molecule has 0 aromatic carbocycles. The van der Waals surface area contributed by atoms with Crippen molar-refractivity contribution in [3.63, 3.8) is 0 Å². The van der Waals surface area contributed by atoms with Gasteiger partial charge in [0.1, 0.15) is 0 Å². The number of hydrogen-bond acceptors (Lipinski definition) is 3. The first-order chi connectivity index (χ1) is 9.84. The van der Waals surface area contributed by atoms with Crippen molar-refractivity contribution in [2.75, 3.05) is 27.7 Å². The van der Waals surface area contributed by atoms with Crippen LogP contribution in [0.15, 0.2) is 0 Å². The molecule has 0 saturated heterocycles. The maximum atomic E-state index is 12.3. The number of carboxylic acids is 1. The minimum atomic E-state index is -0.849. The van der Waals surface area contributed by atoms with Gasteiger partial charge in [-0.15, -0.1) is 0 Å². The fourth-order valence-corrected chi connectivity index (χ4v) is 3.14. The molecular weight excluding hydrogens is 270 g/mol. The zero-order valence-electron chi connectivity index (χ0n) is 13.3. The quantitative estimate of drug-likeness (QED) is 0.744. The van der Waals surface area contributed by atoms with Crippen LogP contribution in [0.25, 0.3) is 0 Å². The molecule has 6 nitrogen and oxygen atoms in total. The molecule has 2 saturated carbocycles. The largest absolute Gasteiger partial charge is 0.481 e. The second-order valence-corrected chi connectivity index (χ2v) is 6.82. The maximum absolute atomic E-state index is 12.3. The minimum Gasteiger partial charge on any atom is -0.481 e. The van der Waals surface area contributed by atoms with Gasteiger partial charge < -0.3 is 20.2 Å². The average Bonchev–Trinajstić information content (AvgIpc) is 3.15. The van der Waals surface area contributed by atoms with Gasteiger partial charge in [0.05, 0.1) is 6.42 Å². The lowest BCUT2D eigenvalue weighted by molar-refractivity contribution is -0.137. The molecular formula is C15H27N3O3. The summed E-state index contributed by atoms with van der Waals surface area (Å²) in [6.07, 6.45) is 5.48. The fraction of sp³-hybridized carbons (Fsp3) is 0.867. The van der Waals surface area contributed by atoms with Crippen molar-refractivity contribution in [1.82, 2.24) is 15.1 Å². The summed E-state index contributed by atoms with van der Waals surface area (Å²) < 4.78 is 0. The fourth-order valence-electron chi connectivity index (χ4n) is 3.14. The Bertz CT molecular complexity index is 403. The highest BCUT2D eigenvalue weighted by Gasteiger charge is 2.41. The van der Waals surface area contributed by atoms with Crippen LogP contribution in [0.4, 0.5) is 4.79 Å². The van der Waals surface area contributed by atoms with Gasteiger partial charge in [0.15, 0.2) is 0 Å². The Balaban J connectivity index is 1.87. The zero-order valence-corrected chi connectivity index (χ0v) is 13.3. The van der Waals surface area contributed by atoms with Crippen LogP contribution in [0.2, 0.25) is 0 Å². The molecule has 2 rings (SSSR count). The van der Waals surface area contributed by atoms with Crippen molar-refractivity contribution < 1.29 is 14.7 Å². The maximum Gasteiger partial charge on any atom is 0.317 e. The van der Waals surface area contributed by atoms with Gasteiger partial charge in [-0.2, -0.15) is 0 Å². The lowest BCUT2D eigenvalue weighted by Gasteiger charge is -2.49. The molecule has 0 radical (unpaired) electrons. The van der Waals surface area contributed by atoms with Gasteiger partial charge in [-0.05, 0) is 52.1 Å². The van der Waals surface area contributed by atoms with Crippen molar-refractivity contribution in [1.29, 1.82) is 0 Å². The molecule has 1 unspecified atom stereocenters. The van der Waals surface area contributed by atoms with E-state index >= 15 is 0 Å². The smallest absolute Gasteiger partial charge is 0.317 e. The summed E-state index contributed by atoms with van der Waals surface area (Å²) in [5, 5.41) is 11.9. The van der Waals surface area contributed by atoms with Gasteiger partial charge in [-0.3, -0.25) is 4.79 Å². The second kappa shape index (κ2) is 6.22. The molecule has 2 aliphatic rings. The SMILES string of the molecule is CN(CC1(N(C)C)CCC1)C(=O)NC(CC(=O)O)C1CC1. The van der Waals surface area contributed by atoms with E-state index in [2.05, 4.69) is 24.3 Å². The van der Waals surface area contributed by atoms with Gasteiger partial charge in [-0.25, -0.2) is 4.79 Å². The van der Waals surface area contributed by atoms with E-state index in [1.54, 1.807) is 11.9 Å². The summed E-state index contributed by atoms with van der Waals surface area (Å²) in [6, 6.07) is -0.379. The van der Waals surface area contributed by atoms with Crippen LogP contribution < -0.4 is 5.32 Å². The van der Waals surface area contributed by atoms with Gasteiger partial charge in [-0.1, -0.05) is 0 Å². The van der Waals surface area contributed by atoms with Gasteiger partial charge in [0, 0.05) is 25.2 Å². The molecule has 0 aromatic rings. The predicted octanol–water partition coefficient (Wildman–Crippen LogP) is 1.37. The molecule has 21 heavy (non-hydrogen) atoms. The summed E-state index contributed by atoms with van der Waals surface area (Å²) in [5.74, 6) is -0.511. The van der Waals surface area contributed by atoms with E-state index in [0.29, 0.717) is 12.5 Å². The average molecular weight is 297 g/mol. The Morgan fingerprint density at radius 1 is 1.29 bits per heavy atom. The van der Waals surface area contributed by atoms with E-state index in [1.165, 1.54) is 6.42 Å². The van der Waals surface area contributed by atoms with Crippen LogP contribution in [0, 0.1) is 5.92 Å². The van der Waals surface area contributed by atoms with Gasteiger partial charge in [0.25, 0.3) is 0 Å². The minimum absolute atomic E-state index is 0.0169. The first-order valence-corrected chi connectivity index (χ1v) is 7.75. The van der Waals surface area contributed by atoms with Crippen LogP contribution in [0.1, 0.15) is 38.5 Å². The molecule has 2 fully saturated rings. The molecule has 2 amide bonds. The van der Waals surface area contributed by atoms with Crippen LogP contribution >= 0.6 is 0 Å². The Hall–Kier alpha value is -1.30. The molecule has 1 atom stereocenters. The number of carbonyl (C=O) groups is 2. The molecule has 0 bridgehead atoms. The highest BCUT2D eigenvalue weighted by molar-refractivity contribution is 5.76. The summed E-state index contributed by atoms with van der Waals surface area (Å²) in [4.78, 5) is 27.1. The Morgan fingerprint density at radius 2 is 1.90 bits per heavy atom. The van der Waals surface area contributed by atoms with Crippen LogP contribution in [0.5, 0.6) is 0 Å². The lowest BCUT2D eigenvalue weighted by Crippen LogP contribution is -2.59. The van der Waals surface area contributed by atoms with E-state index in [0.717, 1.165) is 25.7 Å². The Labute approximate surface area is 126 Å². The summed E-state index contributed by atoms with van der Waals surface area (Å²) in [5.41, 5.74) is 0.0912. The van der Waals surface area contributed by atoms with Crippen LogP contribution in [-0.4, -0.2) is 66.2 Å². The third-order valence-corrected chi connectivity index (χ3v) is 5.01. The van der Waals surface area contributed by atoms with E-state index in [4.69, 9.17) is 5.11 Å². The standard InChI is InChI=1S/C15H27N3O3/c1-17(2)15(7-4-8-15)10-18(3)14(21)16-12(9-13(19)20)11-5-6-11/h11-12H,4-10H2,1-3H3,(H,16,21)(H,19,20). The number of urea groups is 1. The number of amides is 2. The van der Waals surface area contributed by atoms with Crippen molar-refractivity contribution >= 4 is 12.0 Å². The van der Waals surface area contributed by atoms with Crippen molar-refractivity contribution in [3.8, 4) is 0 Å². The number of nitrogens with zero attached hydrogens (tertiary/aromatic N) is 2. The van der Waals surface area contributed by atoms with Crippen molar-refractivity contribution in [2.45, 2.75) is 50.1 Å². The number of rotatable bonds is 7. The molecule has 0 heterocycles. The van der Waals surface area contributed by atoms with Crippen LogP contribution in [-0.2, 0) is 4.79 Å². The van der Waals surface area contributed by atoms with E-state index in [1.807, 2.05) is 0 Å². The molecule has 6 heteroatoms. The number of aliphatic carboxylic acids is 1. The number of likely N-dealkylation sites (N-methyl/N-ethyl adjacent to an activating group) is 2. The highest BCUT2D eigenvalue weighted by Crippen LogP contribution is 2.37. The van der Waals surface area contributed by atoms with E-state index in [-0.39, 0.29) is 24.0 Å². The summed E-state index contributed by atoms with van der Waals surface area (Å²) >= 11 is 0. The first-order valence-electron chi connectivity index (χ1n) is 7.75. The molecule has 0 aromatic heterocycles. The van der Waals surface area contributed by atoms with Gasteiger partial charge in [0.2, 0.25) is 0 Å². The van der Waals surface area contributed by atoms with E-state index in [9.17, 15) is 9.59 Å². The summed E-state index contributed by atoms with van der Waals surface area (Å²) in [7, 11) is 5.91. The van der Waals surface area contributed by atoms with Crippen molar-refractivity contribution in [2.24, 2.45) is 5.92 Å². The monoisotopic (exact) mass is 297 g/mol. The van der Waals surface area contributed by atoms with Crippen molar-refractivity contribution in [3.05, 3.63) is 0 Å². The van der Waals surface area contributed by atoms with Crippen LogP contribution in [0.3, 0.4) is 0 Å². The zero-order chi connectivity index (χ0) is 15.6. The third kappa shape index (κ3) is 3.87. The third-order valence-electron chi connectivity index (χ3n) is 5.01. The molecule has 120 valence electrons. The Kier molecular flexibility index (Phi) is 4.76. The number of nitrogens with one attached hydrogen (secondary N) is 1. The molecule has 0 aliphatic heterocycles. The predicted molar refractivity (Wildman–Crippen MR) is 80.2 cm³/mol. The normalized spacial score (nSPS) is 21.5. The van der Waals surface area contributed by atoms with E-state index < -0.39 is 5.97 Å². The number of hydrogen-bond donors (Lipinski definition) is 2. The Morgan fingerprint density at radius 3 is 2.29 bits per heavy atom. The molecule has 2 N–H and O–H groups in total.